The van der Waals surface area contributed by atoms with Gasteiger partial charge in [-0.25, -0.2) is 4.99 Å². The van der Waals surface area contributed by atoms with Crippen LogP contribution in [0, 0.1) is 0 Å². The van der Waals surface area contributed by atoms with Gasteiger partial charge in [0.15, 0.2) is 0 Å². The highest BCUT2D eigenvalue weighted by Crippen LogP contribution is 2.33. The SMILES string of the molecule is CCCN1C(C)=Nc2ccccc2CC1c1ccccc1.Cl. The summed E-state index contributed by atoms with van der Waals surface area (Å²) in [5.41, 5.74) is 3.83. The van der Waals surface area contributed by atoms with Crippen LogP contribution in [-0.4, -0.2) is 17.3 Å². The molecule has 2 aromatic rings. The van der Waals surface area contributed by atoms with E-state index in [2.05, 4.69) is 73.3 Å². The first kappa shape index (κ1) is 16.6. The minimum absolute atomic E-state index is 0. The lowest BCUT2D eigenvalue weighted by Gasteiger charge is -2.32. The number of halogens is 1. The summed E-state index contributed by atoms with van der Waals surface area (Å²) in [6.07, 6.45) is 2.15. The van der Waals surface area contributed by atoms with Crippen molar-refractivity contribution in [3.8, 4) is 0 Å². The minimum Gasteiger partial charge on any atom is -0.353 e. The van der Waals surface area contributed by atoms with Gasteiger partial charge >= 0.3 is 0 Å². The van der Waals surface area contributed by atoms with Gasteiger partial charge in [0.25, 0.3) is 0 Å². The standard InChI is InChI=1S/C19H22N2.ClH/c1-3-13-21-15(2)20-18-12-8-7-11-17(18)14-19(21)16-9-5-4-6-10-16;/h4-12,19H,3,13-14H2,1-2H3;1H. The molecule has 116 valence electrons. The summed E-state index contributed by atoms with van der Waals surface area (Å²) in [6, 6.07) is 19.7. The summed E-state index contributed by atoms with van der Waals surface area (Å²) in [4.78, 5) is 7.31. The molecular weight excluding hydrogens is 292 g/mol. The first-order chi connectivity index (χ1) is 10.3. The Hall–Kier alpha value is -1.80. The Morgan fingerprint density at radius 3 is 2.45 bits per heavy atom. The van der Waals surface area contributed by atoms with Crippen molar-refractivity contribution in [2.24, 2.45) is 4.99 Å². The monoisotopic (exact) mass is 314 g/mol. The molecule has 22 heavy (non-hydrogen) atoms. The van der Waals surface area contributed by atoms with Crippen molar-refractivity contribution in [1.29, 1.82) is 0 Å². The molecular formula is C19H23ClN2. The van der Waals surface area contributed by atoms with Gasteiger partial charge in [0.1, 0.15) is 5.84 Å². The molecule has 0 amide bonds. The van der Waals surface area contributed by atoms with Gasteiger partial charge in [-0.3, -0.25) is 0 Å². The Labute approximate surface area is 139 Å². The zero-order valence-corrected chi connectivity index (χ0v) is 14.0. The molecule has 0 fully saturated rings. The minimum atomic E-state index is 0. The van der Waals surface area contributed by atoms with Crippen LogP contribution in [0.1, 0.15) is 37.4 Å². The van der Waals surface area contributed by atoms with Crippen LogP contribution >= 0.6 is 12.4 Å². The normalized spacial score (nSPS) is 17.1. The van der Waals surface area contributed by atoms with Gasteiger partial charge in [-0.1, -0.05) is 55.5 Å². The number of amidine groups is 1. The van der Waals surface area contributed by atoms with Crippen molar-refractivity contribution < 1.29 is 0 Å². The molecule has 0 spiro atoms. The van der Waals surface area contributed by atoms with Crippen molar-refractivity contribution in [1.82, 2.24) is 4.90 Å². The van der Waals surface area contributed by atoms with E-state index in [1.807, 2.05) is 0 Å². The predicted molar refractivity (Wildman–Crippen MR) is 96.3 cm³/mol. The highest BCUT2D eigenvalue weighted by Gasteiger charge is 2.25. The largest absolute Gasteiger partial charge is 0.353 e. The first-order valence-corrected chi connectivity index (χ1v) is 7.74. The van der Waals surface area contributed by atoms with Crippen LogP contribution in [0.4, 0.5) is 5.69 Å². The molecule has 0 aromatic heterocycles. The van der Waals surface area contributed by atoms with Crippen molar-refractivity contribution in [3.63, 3.8) is 0 Å². The van der Waals surface area contributed by atoms with Crippen LogP contribution in [0.5, 0.6) is 0 Å². The Morgan fingerprint density at radius 2 is 1.73 bits per heavy atom. The van der Waals surface area contributed by atoms with Gasteiger partial charge in [-0.05, 0) is 37.0 Å². The molecule has 3 rings (SSSR count). The van der Waals surface area contributed by atoms with Crippen LogP contribution in [0.25, 0.3) is 0 Å². The summed E-state index contributed by atoms with van der Waals surface area (Å²) in [6.45, 7) is 5.41. The first-order valence-electron chi connectivity index (χ1n) is 7.74. The number of hydrogen-bond acceptors (Lipinski definition) is 2. The number of hydrogen-bond donors (Lipinski definition) is 0. The molecule has 0 bridgehead atoms. The van der Waals surface area contributed by atoms with Crippen molar-refractivity contribution in [2.75, 3.05) is 6.54 Å². The zero-order chi connectivity index (χ0) is 14.7. The van der Waals surface area contributed by atoms with Gasteiger partial charge in [0.05, 0.1) is 11.7 Å². The number of nitrogens with zero attached hydrogens (tertiary/aromatic N) is 2. The van der Waals surface area contributed by atoms with E-state index in [-0.39, 0.29) is 12.4 Å². The van der Waals surface area contributed by atoms with Gasteiger partial charge in [0.2, 0.25) is 0 Å². The Bertz CT molecular complexity index is 637. The molecule has 1 aliphatic heterocycles. The van der Waals surface area contributed by atoms with E-state index in [0.29, 0.717) is 6.04 Å². The average molecular weight is 315 g/mol. The van der Waals surface area contributed by atoms with Crippen LogP contribution in [0.3, 0.4) is 0 Å². The number of aliphatic imine (C=N–C) groups is 1. The van der Waals surface area contributed by atoms with Crippen molar-refractivity contribution in [2.45, 2.75) is 32.7 Å². The predicted octanol–water partition coefficient (Wildman–Crippen LogP) is 5.17. The highest BCUT2D eigenvalue weighted by atomic mass is 35.5. The number of benzene rings is 2. The molecule has 1 aliphatic rings. The lowest BCUT2D eigenvalue weighted by atomic mass is 9.97. The van der Waals surface area contributed by atoms with Crippen molar-refractivity contribution >= 4 is 23.9 Å². The molecule has 1 atom stereocenters. The third-order valence-corrected chi connectivity index (χ3v) is 4.13. The van der Waals surface area contributed by atoms with Crippen LogP contribution < -0.4 is 0 Å². The molecule has 0 saturated heterocycles. The van der Waals surface area contributed by atoms with Crippen molar-refractivity contribution in [3.05, 3.63) is 65.7 Å². The maximum absolute atomic E-state index is 4.86. The summed E-state index contributed by atoms with van der Waals surface area (Å²) in [5, 5.41) is 0. The molecule has 3 heteroatoms. The topological polar surface area (TPSA) is 15.6 Å². The Kier molecular flexibility index (Phi) is 5.62. The fourth-order valence-electron chi connectivity index (χ4n) is 3.11. The third kappa shape index (κ3) is 3.33. The second kappa shape index (κ2) is 7.46. The van der Waals surface area contributed by atoms with E-state index in [4.69, 9.17) is 4.99 Å². The van der Waals surface area contributed by atoms with Gasteiger partial charge in [-0.2, -0.15) is 0 Å². The average Bonchev–Trinajstić information content (AvgIpc) is 2.66. The second-order valence-corrected chi connectivity index (χ2v) is 5.61. The van der Waals surface area contributed by atoms with E-state index in [1.54, 1.807) is 0 Å². The number of para-hydroxylation sites is 1. The third-order valence-electron chi connectivity index (χ3n) is 4.13. The molecule has 0 radical (unpaired) electrons. The van der Waals surface area contributed by atoms with E-state index in [0.717, 1.165) is 30.9 Å². The quantitative estimate of drug-likeness (QED) is 0.763. The molecule has 1 heterocycles. The fourth-order valence-corrected chi connectivity index (χ4v) is 3.11. The second-order valence-electron chi connectivity index (χ2n) is 5.61. The van der Waals surface area contributed by atoms with Gasteiger partial charge in [-0.15, -0.1) is 12.4 Å². The van der Waals surface area contributed by atoms with E-state index in [9.17, 15) is 0 Å². The summed E-state index contributed by atoms with van der Waals surface area (Å²) < 4.78 is 0. The maximum atomic E-state index is 4.86. The number of rotatable bonds is 3. The molecule has 2 nitrogen and oxygen atoms in total. The van der Waals surface area contributed by atoms with E-state index >= 15 is 0 Å². The Balaban J connectivity index is 0.00000176. The molecule has 0 aliphatic carbocycles. The lowest BCUT2D eigenvalue weighted by Crippen LogP contribution is -2.34. The fraction of sp³-hybridized carbons (Fsp3) is 0.316. The number of fused-ring (bicyclic) bond motifs is 1. The van der Waals surface area contributed by atoms with Crippen LogP contribution in [-0.2, 0) is 6.42 Å². The summed E-state index contributed by atoms with van der Waals surface area (Å²) in [7, 11) is 0. The van der Waals surface area contributed by atoms with Crippen LogP contribution in [0.15, 0.2) is 59.6 Å². The zero-order valence-electron chi connectivity index (χ0n) is 13.2. The summed E-state index contributed by atoms with van der Waals surface area (Å²) in [5.74, 6) is 1.12. The molecule has 0 saturated carbocycles. The van der Waals surface area contributed by atoms with Crippen LogP contribution in [0.2, 0.25) is 0 Å². The molecule has 1 unspecified atom stereocenters. The highest BCUT2D eigenvalue weighted by molar-refractivity contribution is 5.85. The maximum Gasteiger partial charge on any atom is 0.102 e. The van der Waals surface area contributed by atoms with Gasteiger partial charge < -0.3 is 4.90 Å². The van der Waals surface area contributed by atoms with Gasteiger partial charge in [0, 0.05) is 6.54 Å². The van der Waals surface area contributed by atoms with E-state index < -0.39 is 0 Å². The Morgan fingerprint density at radius 1 is 1.05 bits per heavy atom. The summed E-state index contributed by atoms with van der Waals surface area (Å²) >= 11 is 0. The molecule has 0 N–H and O–H groups in total. The lowest BCUT2D eigenvalue weighted by molar-refractivity contribution is 0.315. The molecule has 2 aromatic carbocycles. The van der Waals surface area contributed by atoms with E-state index in [1.165, 1.54) is 11.1 Å². The smallest absolute Gasteiger partial charge is 0.102 e.